The summed E-state index contributed by atoms with van der Waals surface area (Å²) in [4.78, 5) is 11.7. The third-order valence-electron chi connectivity index (χ3n) is 3.58. The number of carbonyl (C=O) groups is 1. The Morgan fingerprint density at radius 2 is 2.24 bits per heavy atom. The predicted molar refractivity (Wildman–Crippen MR) is 64.7 cm³/mol. The second kappa shape index (κ2) is 5.34. The van der Waals surface area contributed by atoms with Gasteiger partial charge >= 0.3 is 0 Å². The fraction of sp³-hybridized carbons (Fsp3) is 0.692. The molecule has 94 valence electrons. The van der Waals surface area contributed by atoms with Crippen molar-refractivity contribution in [3.05, 3.63) is 17.0 Å². The van der Waals surface area contributed by atoms with Gasteiger partial charge in [0, 0.05) is 31.4 Å². The number of fused-ring (bicyclic) bond motifs is 1. The van der Waals surface area contributed by atoms with Gasteiger partial charge in [-0.1, -0.05) is 12.1 Å². The monoisotopic (exact) mass is 236 g/mol. The lowest BCUT2D eigenvalue weighted by Gasteiger charge is -2.13. The molecule has 4 nitrogen and oxygen atoms in total. The molecule has 1 unspecified atom stereocenters. The van der Waals surface area contributed by atoms with E-state index in [1.807, 2.05) is 6.92 Å². The molecular formula is C13H20N2O2. The van der Waals surface area contributed by atoms with Crippen LogP contribution in [0.1, 0.15) is 43.2 Å². The van der Waals surface area contributed by atoms with Crippen LogP contribution in [0.2, 0.25) is 0 Å². The highest BCUT2D eigenvalue weighted by molar-refractivity contribution is 5.78. The molecule has 1 atom stereocenters. The molecule has 0 spiro atoms. The first-order chi connectivity index (χ1) is 8.26. The summed E-state index contributed by atoms with van der Waals surface area (Å²) in [7, 11) is 1.68. The molecule has 0 fully saturated rings. The molecule has 1 aromatic heterocycles. The highest BCUT2D eigenvalue weighted by Gasteiger charge is 2.23. The lowest BCUT2D eigenvalue weighted by molar-refractivity contribution is -0.124. The van der Waals surface area contributed by atoms with E-state index in [-0.39, 0.29) is 11.8 Å². The first-order valence-electron chi connectivity index (χ1n) is 6.44. The minimum absolute atomic E-state index is 0.0103. The summed E-state index contributed by atoms with van der Waals surface area (Å²) in [5.74, 6) is 1.15. The van der Waals surface area contributed by atoms with Crippen molar-refractivity contribution >= 4 is 5.91 Å². The molecule has 0 saturated carbocycles. The van der Waals surface area contributed by atoms with Crippen molar-refractivity contribution in [2.45, 2.75) is 45.4 Å². The quantitative estimate of drug-likeness (QED) is 0.868. The number of rotatable bonds is 4. The van der Waals surface area contributed by atoms with Crippen LogP contribution in [0.5, 0.6) is 0 Å². The number of aryl methyl sites for hydroxylation is 1. The molecular weight excluding hydrogens is 216 g/mol. The summed E-state index contributed by atoms with van der Waals surface area (Å²) in [5.41, 5.74) is 2.26. The van der Waals surface area contributed by atoms with Gasteiger partial charge in [0.1, 0.15) is 5.76 Å². The van der Waals surface area contributed by atoms with Crippen molar-refractivity contribution < 1.29 is 9.32 Å². The predicted octanol–water partition coefficient (Wildman–Crippen LogP) is 1.87. The zero-order chi connectivity index (χ0) is 12.3. The van der Waals surface area contributed by atoms with Crippen molar-refractivity contribution in [1.82, 2.24) is 10.5 Å². The van der Waals surface area contributed by atoms with Gasteiger partial charge < -0.3 is 9.84 Å². The Balaban J connectivity index is 2.12. The Hall–Kier alpha value is -1.32. The fourth-order valence-corrected chi connectivity index (χ4v) is 2.47. The molecule has 1 aromatic rings. The third kappa shape index (κ3) is 2.51. The van der Waals surface area contributed by atoms with Crippen LogP contribution in [0.3, 0.4) is 0 Å². The van der Waals surface area contributed by atoms with Gasteiger partial charge in [0.2, 0.25) is 5.91 Å². The van der Waals surface area contributed by atoms with E-state index in [1.54, 1.807) is 7.05 Å². The Labute approximate surface area is 102 Å². The van der Waals surface area contributed by atoms with Crippen molar-refractivity contribution in [1.29, 1.82) is 0 Å². The molecule has 0 bridgehead atoms. The Kier molecular flexibility index (Phi) is 3.82. The first kappa shape index (κ1) is 12.1. The molecule has 1 heterocycles. The molecule has 0 radical (unpaired) electrons. The second-order valence-electron chi connectivity index (χ2n) is 4.66. The molecule has 0 aliphatic heterocycles. The number of aromatic nitrogens is 1. The van der Waals surface area contributed by atoms with Gasteiger partial charge in [-0.15, -0.1) is 0 Å². The average molecular weight is 236 g/mol. The van der Waals surface area contributed by atoms with Gasteiger partial charge in [0.25, 0.3) is 0 Å². The minimum atomic E-state index is 0.0103. The number of hydrogen-bond acceptors (Lipinski definition) is 3. The highest BCUT2D eigenvalue weighted by atomic mass is 16.5. The molecule has 0 aromatic carbocycles. The number of nitrogens with one attached hydrogen (secondary N) is 1. The minimum Gasteiger partial charge on any atom is -0.361 e. The summed E-state index contributed by atoms with van der Waals surface area (Å²) < 4.78 is 5.36. The van der Waals surface area contributed by atoms with Crippen molar-refractivity contribution in [3.8, 4) is 0 Å². The van der Waals surface area contributed by atoms with E-state index in [1.165, 1.54) is 18.4 Å². The first-order valence-corrected chi connectivity index (χ1v) is 6.44. The lowest BCUT2D eigenvalue weighted by atomic mass is 9.91. The van der Waals surface area contributed by atoms with Crippen LogP contribution < -0.4 is 5.32 Å². The molecule has 1 aliphatic carbocycles. The number of amides is 1. The third-order valence-corrected chi connectivity index (χ3v) is 3.58. The molecule has 1 N–H and O–H groups in total. The largest absolute Gasteiger partial charge is 0.361 e. The highest BCUT2D eigenvalue weighted by Crippen LogP contribution is 2.26. The maximum Gasteiger partial charge on any atom is 0.223 e. The van der Waals surface area contributed by atoms with Gasteiger partial charge in [-0.3, -0.25) is 4.79 Å². The Morgan fingerprint density at radius 3 is 2.94 bits per heavy atom. The fourth-order valence-electron chi connectivity index (χ4n) is 2.47. The number of nitrogens with zero attached hydrogens (tertiary/aromatic N) is 1. The molecule has 0 saturated heterocycles. The van der Waals surface area contributed by atoms with Crippen molar-refractivity contribution in [2.75, 3.05) is 7.05 Å². The van der Waals surface area contributed by atoms with Gasteiger partial charge in [0.05, 0.1) is 5.69 Å². The standard InChI is InChI=1S/C13H20N2O2/c1-3-9(13(16)14-2)8-11-10-6-4-5-7-12(10)17-15-11/h9H,3-8H2,1-2H3,(H,14,16). The molecule has 1 amide bonds. The maximum absolute atomic E-state index is 11.7. The second-order valence-corrected chi connectivity index (χ2v) is 4.66. The number of carbonyl (C=O) groups excluding carboxylic acids is 1. The van der Waals surface area contributed by atoms with Gasteiger partial charge in [0.15, 0.2) is 0 Å². The zero-order valence-corrected chi connectivity index (χ0v) is 10.6. The topological polar surface area (TPSA) is 55.1 Å². The summed E-state index contributed by atoms with van der Waals surface area (Å²) >= 11 is 0. The van der Waals surface area contributed by atoms with Crippen LogP contribution in [-0.2, 0) is 24.1 Å². The van der Waals surface area contributed by atoms with E-state index >= 15 is 0 Å². The molecule has 1 aliphatic rings. The summed E-state index contributed by atoms with van der Waals surface area (Å²) in [6.07, 6.45) is 5.99. The van der Waals surface area contributed by atoms with E-state index in [9.17, 15) is 4.79 Å². The van der Waals surface area contributed by atoms with Crippen LogP contribution in [0, 0.1) is 5.92 Å². The SMILES string of the molecule is CCC(Cc1noc2c1CCCC2)C(=O)NC. The summed E-state index contributed by atoms with van der Waals surface area (Å²) in [6, 6.07) is 0. The van der Waals surface area contributed by atoms with Crippen LogP contribution >= 0.6 is 0 Å². The number of hydrogen-bond donors (Lipinski definition) is 1. The van der Waals surface area contributed by atoms with Crippen LogP contribution in [-0.4, -0.2) is 18.1 Å². The van der Waals surface area contributed by atoms with Gasteiger partial charge in [-0.05, 0) is 25.7 Å². The van der Waals surface area contributed by atoms with Crippen molar-refractivity contribution in [2.24, 2.45) is 5.92 Å². The van der Waals surface area contributed by atoms with Crippen LogP contribution in [0.25, 0.3) is 0 Å². The maximum atomic E-state index is 11.7. The summed E-state index contributed by atoms with van der Waals surface area (Å²) in [5, 5.41) is 6.86. The smallest absolute Gasteiger partial charge is 0.223 e. The summed E-state index contributed by atoms with van der Waals surface area (Å²) in [6.45, 7) is 2.03. The zero-order valence-electron chi connectivity index (χ0n) is 10.6. The Bertz CT molecular complexity index is 398. The van der Waals surface area contributed by atoms with Crippen molar-refractivity contribution in [3.63, 3.8) is 0 Å². The van der Waals surface area contributed by atoms with Crippen LogP contribution in [0.15, 0.2) is 4.52 Å². The van der Waals surface area contributed by atoms with E-state index < -0.39 is 0 Å². The van der Waals surface area contributed by atoms with Crippen LogP contribution in [0.4, 0.5) is 0 Å². The molecule has 4 heteroatoms. The lowest BCUT2D eigenvalue weighted by Crippen LogP contribution is -2.28. The van der Waals surface area contributed by atoms with Gasteiger partial charge in [-0.2, -0.15) is 0 Å². The van der Waals surface area contributed by atoms with E-state index in [0.29, 0.717) is 6.42 Å². The normalized spacial score (nSPS) is 16.4. The molecule has 2 rings (SSSR count). The van der Waals surface area contributed by atoms with E-state index in [2.05, 4.69) is 10.5 Å². The average Bonchev–Trinajstić information content (AvgIpc) is 2.78. The van der Waals surface area contributed by atoms with Gasteiger partial charge in [-0.25, -0.2) is 0 Å². The van der Waals surface area contributed by atoms with E-state index in [4.69, 9.17) is 4.52 Å². The van der Waals surface area contributed by atoms with E-state index in [0.717, 1.165) is 30.7 Å². The Morgan fingerprint density at radius 1 is 1.47 bits per heavy atom. The molecule has 17 heavy (non-hydrogen) atoms.